The molecule has 11 rings (SSSR count). The molecule has 0 amide bonds. The first-order valence-electron chi connectivity index (χ1n) is 26.5. The van der Waals surface area contributed by atoms with Crippen LogP contribution in [0.25, 0.3) is 0 Å². The third kappa shape index (κ3) is 16.6. The number of nitrogens with zero attached hydrogens (tertiary/aromatic N) is 10. The molecule has 5 aromatic rings. The molecule has 6 aliphatic rings. The summed E-state index contributed by atoms with van der Waals surface area (Å²) >= 11 is 0. The highest BCUT2D eigenvalue weighted by Crippen LogP contribution is 2.35. The minimum absolute atomic E-state index is 0.0271. The number of rotatable bonds is 7. The van der Waals surface area contributed by atoms with Crippen LogP contribution in [-0.4, -0.2) is 163 Å². The summed E-state index contributed by atoms with van der Waals surface area (Å²) in [7, 11) is 2.58. The predicted octanol–water partition coefficient (Wildman–Crippen LogP) is 4.20. The summed E-state index contributed by atoms with van der Waals surface area (Å²) in [4.78, 5) is 42.4. The van der Waals surface area contributed by atoms with Gasteiger partial charge in [-0.1, -0.05) is 0 Å². The number of aliphatic hydroxyl groups is 1. The van der Waals surface area contributed by atoms with E-state index in [0.29, 0.717) is 23.2 Å². The van der Waals surface area contributed by atoms with E-state index in [2.05, 4.69) is 49.4 Å². The van der Waals surface area contributed by atoms with Crippen LogP contribution < -0.4 is 53.2 Å². The second-order valence-corrected chi connectivity index (χ2v) is 21.2. The third-order valence-electron chi connectivity index (χ3n) is 14.6. The van der Waals surface area contributed by atoms with E-state index < -0.39 is 10.8 Å². The lowest BCUT2D eigenvalue weighted by atomic mass is 9.96. The molecule has 11 N–H and O–H groups in total. The summed E-state index contributed by atoms with van der Waals surface area (Å²) in [5.41, 5.74) is 38.1. The molecule has 23 heteroatoms. The SMILES string of the molecule is COC(=O)C1CCN(c2ccncc2N)CC1.COC1CCN(c2ccncc2N)CC1.Nc1cnccc1N1CCC(O)CC1.Nc1cnccc1N1CCC2(CC1)OCCO2.Nc1cnccc1N1CCS(=O)CC1. The molecule has 0 atom stereocenters. The number of ether oxygens (including phenoxy) is 4. The van der Waals surface area contributed by atoms with Crippen LogP contribution in [0.1, 0.15) is 51.4 Å². The van der Waals surface area contributed by atoms with Crippen LogP contribution in [0.2, 0.25) is 0 Å². The Morgan fingerprint density at radius 3 is 1.19 bits per heavy atom. The molecule has 1 spiro atoms. The quantitative estimate of drug-likeness (QED) is 0.124. The van der Waals surface area contributed by atoms with Crippen molar-refractivity contribution in [1.29, 1.82) is 0 Å². The number of anilines is 10. The predicted molar refractivity (Wildman–Crippen MR) is 306 cm³/mol. The molecule has 6 aliphatic heterocycles. The summed E-state index contributed by atoms with van der Waals surface area (Å²) in [6.07, 6.45) is 24.6. The number of aromatic nitrogens is 5. The van der Waals surface area contributed by atoms with Gasteiger partial charge in [-0.25, -0.2) is 0 Å². The molecule has 418 valence electrons. The molecule has 5 aromatic heterocycles. The lowest BCUT2D eigenvalue weighted by Crippen LogP contribution is -2.45. The number of pyridine rings is 5. The Hall–Kier alpha value is -6.79. The van der Waals surface area contributed by atoms with Gasteiger partial charge < -0.3 is 77.2 Å². The number of methoxy groups -OCH3 is 2. The number of aliphatic hydroxyl groups excluding tert-OH is 1. The normalized spacial score (nSPS) is 19.1. The van der Waals surface area contributed by atoms with Gasteiger partial charge in [0.05, 0.1) is 126 Å². The van der Waals surface area contributed by atoms with Gasteiger partial charge in [0.1, 0.15) is 0 Å². The minimum Gasteiger partial charge on any atom is -0.469 e. The Bertz CT molecular complexity index is 2590. The average Bonchev–Trinajstić information content (AvgIpc) is 3.92. The molecule has 6 saturated heterocycles. The Morgan fingerprint density at radius 2 is 0.857 bits per heavy atom. The van der Waals surface area contributed by atoms with Crippen LogP contribution in [0.4, 0.5) is 56.9 Å². The smallest absolute Gasteiger partial charge is 0.308 e. The van der Waals surface area contributed by atoms with E-state index in [-0.39, 0.29) is 23.8 Å². The van der Waals surface area contributed by atoms with Gasteiger partial charge in [-0.3, -0.25) is 33.9 Å². The summed E-state index contributed by atoms with van der Waals surface area (Å²) in [5, 5.41) is 9.37. The van der Waals surface area contributed by atoms with Gasteiger partial charge in [0.2, 0.25) is 0 Å². The van der Waals surface area contributed by atoms with Crippen molar-refractivity contribution in [3.63, 3.8) is 0 Å². The van der Waals surface area contributed by atoms with Crippen LogP contribution in [0.3, 0.4) is 0 Å². The summed E-state index contributed by atoms with van der Waals surface area (Å²) in [6.45, 7) is 10.3. The lowest BCUT2D eigenvalue weighted by molar-refractivity contribution is -0.169. The highest BCUT2D eigenvalue weighted by molar-refractivity contribution is 7.85. The molecule has 22 nitrogen and oxygen atoms in total. The van der Waals surface area contributed by atoms with Crippen molar-refractivity contribution in [2.75, 3.05) is 158 Å². The van der Waals surface area contributed by atoms with E-state index in [1.54, 1.807) is 69.1 Å². The molecule has 77 heavy (non-hydrogen) atoms. The van der Waals surface area contributed by atoms with E-state index in [1.807, 2.05) is 30.3 Å². The van der Waals surface area contributed by atoms with Gasteiger partial charge in [-0.15, -0.1) is 0 Å². The minimum atomic E-state index is -0.639. The maximum Gasteiger partial charge on any atom is 0.308 e. The fraction of sp³-hybridized carbons (Fsp3) is 0.519. The van der Waals surface area contributed by atoms with E-state index in [0.717, 1.165) is 181 Å². The van der Waals surface area contributed by atoms with Gasteiger partial charge in [0, 0.05) is 139 Å². The molecule has 11 heterocycles. The van der Waals surface area contributed by atoms with Crippen molar-refractivity contribution in [1.82, 2.24) is 24.9 Å². The number of hydrogen-bond donors (Lipinski definition) is 6. The molecule has 0 unspecified atom stereocenters. The molecular formula is C54H79N15O7S. The van der Waals surface area contributed by atoms with Gasteiger partial charge >= 0.3 is 5.97 Å². The Labute approximate surface area is 455 Å². The van der Waals surface area contributed by atoms with Crippen molar-refractivity contribution in [2.45, 2.75) is 69.4 Å². The lowest BCUT2D eigenvalue weighted by Gasteiger charge is -2.38. The number of carbonyl (C=O) groups excluding carboxylic acids is 1. The monoisotopic (exact) mass is 1080 g/mol. The number of nitrogens with two attached hydrogens (primary N) is 5. The van der Waals surface area contributed by atoms with Crippen molar-refractivity contribution in [3.05, 3.63) is 92.3 Å². The van der Waals surface area contributed by atoms with Crippen LogP contribution >= 0.6 is 0 Å². The average molecular weight is 1080 g/mol. The second kappa shape index (κ2) is 29.1. The van der Waals surface area contributed by atoms with E-state index in [9.17, 15) is 14.1 Å². The fourth-order valence-electron chi connectivity index (χ4n) is 10.2. The Kier molecular flexibility index (Phi) is 21.9. The second-order valence-electron chi connectivity index (χ2n) is 19.5. The van der Waals surface area contributed by atoms with Crippen molar-refractivity contribution < 1.29 is 33.1 Å². The van der Waals surface area contributed by atoms with Gasteiger partial charge in [0.25, 0.3) is 0 Å². The number of carbonyl (C=O) groups is 1. The third-order valence-corrected chi connectivity index (χ3v) is 15.9. The Morgan fingerprint density at radius 1 is 0.532 bits per heavy atom. The summed E-state index contributed by atoms with van der Waals surface area (Å²) in [6, 6.07) is 9.68. The standard InChI is InChI=1S/2C12H17N3O2.C11H17N3O.C10H15N3O.C9H13N3OS/c13-10-9-14-4-1-11(10)15-5-2-12(3-6-15)16-7-8-17-12;1-17-12(16)9-3-6-15(7-4-9)11-2-5-14-8-10(11)13;1-15-9-3-6-14(7-4-9)11-2-5-13-8-10(11)12;11-9-7-12-4-1-10(9)13-5-2-8(14)3-6-13;10-8-7-11-2-1-9(8)12-3-5-14(13)6-4-12/h1,4,9H,2-3,5-8,13H2;2,5,8-9H,3-4,6-7,13H2,1H3;2,5,8-9H,3-4,6-7,12H2,1H3;1,4,7-8,14H,2-3,5-6,11H2;1-2,7H,3-6,10H2. The number of nitrogen functional groups attached to an aromatic ring is 5. The highest BCUT2D eigenvalue weighted by Gasteiger charge is 2.40. The van der Waals surface area contributed by atoms with Crippen LogP contribution in [0, 0.1) is 5.92 Å². The largest absolute Gasteiger partial charge is 0.469 e. The first-order valence-corrected chi connectivity index (χ1v) is 28.0. The molecule has 0 aliphatic carbocycles. The van der Waals surface area contributed by atoms with E-state index >= 15 is 0 Å². The van der Waals surface area contributed by atoms with Gasteiger partial charge in [0.15, 0.2) is 5.79 Å². The van der Waals surface area contributed by atoms with Crippen molar-refractivity contribution >= 4 is 73.6 Å². The van der Waals surface area contributed by atoms with E-state index in [4.69, 9.17) is 47.6 Å². The topological polar surface area (TPSA) is 302 Å². The zero-order valence-electron chi connectivity index (χ0n) is 44.6. The van der Waals surface area contributed by atoms with Gasteiger partial charge in [-0.2, -0.15) is 0 Å². The molecular weight excluding hydrogens is 1000 g/mol. The molecule has 0 saturated carbocycles. The Balaban J connectivity index is 0.000000140. The molecule has 0 radical (unpaired) electrons. The molecule has 6 fully saturated rings. The van der Waals surface area contributed by atoms with Crippen molar-refractivity contribution in [2.24, 2.45) is 5.92 Å². The van der Waals surface area contributed by atoms with Gasteiger partial charge in [-0.05, 0) is 68.9 Å². The van der Waals surface area contributed by atoms with Crippen LogP contribution in [0.5, 0.6) is 0 Å². The number of esters is 1. The first kappa shape index (κ1) is 57.9. The van der Waals surface area contributed by atoms with Crippen LogP contribution in [-0.2, 0) is 34.5 Å². The summed E-state index contributed by atoms with van der Waals surface area (Å²) < 4.78 is 32.7. The number of hydrogen-bond acceptors (Lipinski definition) is 22. The highest BCUT2D eigenvalue weighted by atomic mass is 32.2. The maximum absolute atomic E-state index is 11.4. The summed E-state index contributed by atoms with van der Waals surface area (Å²) in [5.74, 6) is 1.08. The van der Waals surface area contributed by atoms with Crippen molar-refractivity contribution in [3.8, 4) is 0 Å². The maximum atomic E-state index is 11.4. The molecule has 0 bridgehead atoms. The zero-order valence-corrected chi connectivity index (χ0v) is 45.4. The first-order chi connectivity index (χ1) is 37.4. The number of piperidine rings is 4. The molecule has 0 aromatic carbocycles. The van der Waals surface area contributed by atoms with E-state index in [1.165, 1.54) is 7.11 Å². The fourth-order valence-corrected chi connectivity index (χ4v) is 11.2. The zero-order chi connectivity index (χ0) is 54.6. The van der Waals surface area contributed by atoms with Crippen LogP contribution in [0.15, 0.2) is 92.3 Å².